The second-order valence-corrected chi connectivity index (χ2v) is 8.51. The van der Waals surface area contributed by atoms with Crippen molar-refractivity contribution in [3.05, 3.63) is 0 Å². The molecule has 12 heteroatoms. The van der Waals surface area contributed by atoms with E-state index in [2.05, 4.69) is 0 Å². The molecule has 0 spiro atoms. The maximum atomic E-state index is 12.9. The van der Waals surface area contributed by atoms with Crippen LogP contribution in [-0.4, -0.2) is 144 Å². The monoisotopic (exact) mass is 452 g/mol. The van der Waals surface area contributed by atoms with Crippen molar-refractivity contribution in [2.75, 3.05) is 78.8 Å². The Hall–Kier alpha value is -1.96. The smallest absolute Gasteiger partial charge is 0.261 e. The van der Waals surface area contributed by atoms with Crippen LogP contribution in [0.5, 0.6) is 0 Å². The van der Waals surface area contributed by atoms with Crippen LogP contribution in [0.25, 0.3) is 0 Å². The SMILES string of the molecule is CC1C(=O)N(N2CCOCC2)C(=O)CN1CCN1CC(=O)N(N2CCOCC2)C(=O)C1C. The summed E-state index contributed by atoms with van der Waals surface area (Å²) in [5.41, 5.74) is 0. The molecule has 0 aromatic rings. The van der Waals surface area contributed by atoms with Crippen molar-refractivity contribution in [2.24, 2.45) is 0 Å². The van der Waals surface area contributed by atoms with E-state index in [0.29, 0.717) is 65.7 Å². The van der Waals surface area contributed by atoms with Gasteiger partial charge in [0, 0.05) is 39.3 Å². The van der Waals surface area contributed by atoms with Gasteiger partial charge in [0.05, 0.1) is 51.6 Å². The van der Waals surface area contributed by atoms with Gasteiger partial charge >= 0.3 is 0 Å². The van der Waals surface area contributed by atoms with Gasteiger partial charge in [0.2, 0.25) is 0 Å². The largest absolute Gasteiger partial charge is 0.379 e. The molecular formula is C20H32N6O6. The molecule has 0 N–H and O–H groups in total. The predicted octanol–water partition coefficient (Wildman–Crippen LogP) is -2.40. The first kappa shape index (κ1) is 23.2. The number of carbonyl (C=O) groups excluding carboxylic acids is 4. The van der Waals surface area contributed by atoms with E-state index in [9.17, 15) is 19.2 Å². The van der Waals surface area contributed by atoms with Crippen molar-refractivity contribution in [1.82, 2.24) is 29.8 Å². The van der Waals surface area contributed by atoms with Gasteiger partial charge < -0.3 is 9.47 Å². The van der Waals surface area contributed by atoms with Gasteiger partial charge in [-0.3, -0.25) is 29.0 Å². The minimum absolute atomic E-state index is 0.119. The molecule has 4 fully saturated rings. The van der Waals surface area contributed by atoms with Crippen LogP contribution in [0, 0.1) is 0 Å². The molecule has 32 heavy (non-hydrogen) atoms. The summed E-state index contributed by atoms with van der Waals surface area (Å²) in [6.07, 6.45) is 0. The highest BCUT2D eigenvalue weighted by atomic mass is 16.5. The quantitative estimate of drug-likeness (QED) is 0.419. The number of rotatable bonds is 5. The van der Waals surface area contributed by atoms with Gasteiger partial charge in [-0.15, -0.1) is 0 Å². The third-order valence-corrected chi connectivity index (χ3v) is 6.59. The Morgan fingerprint density at radius 2 is 1.00 bits per heavy atom. The van der Waals surface area contributed by atoms with Crippen LogP contribution < -0.4 is 0 Å². The molecule has 2 unspecified atom stereocenters. The van der Waals surface area contributed by atoms with Crippen LogP contribution in [0.3, 0.4) is 0 Å². The third kappa shape index (κ3) is 4.56. The highest BCUT2D eigenvalue weighted by Crippen LogP contribution is 2.19. The van der Waals surface area contributed by atoms with Crippen molar-refractivity contribution in [2.45, 2.75) is 25.9 Å². The van der Waals surface area contributed by atoms with Crippen LogP contribution in [0.15, 0.2) is 0 Å². The maximum absolute atomic E-state index is 12.9. The fourth-order valence-corrected chi connectivity index (χ4v) is 4.57. The van der Waals surface area contributed by atoms with Crippen molar-refractivity contribution in [3.8, 4) is 0 Å². The molecule has 2 atom stereocenters. The van der Waals surface area contributed by atoms with Crippen LogP contribution >= 0.6 is 0 Å². The first-order valence-corrected chi connectivity index (χ1v) is 11.3. The van der Waals surface area contributed by atoms with Crippen LogP contribution in [0.1, 0.15) is 13.8 Å². The number of carbonyl (C=O) groups is 4. The van der Waals surface area contributed by atoms with E-state index >= 15 is 0 Å². The summed E-state index contributed by atoms with van der Waals surface area (Å²) in [7, 11) is 0. The molecule has 4 heterocycles. The zero-order valence-electron chi connectivity index (χ0n) is 18.8. The molecule has 0 aromatic heterocycles. The normalized spacial score (nSPS) is 30.4. The summed E-state index contributed by atoms with van der Waals surface area (Å²) < 4.78 is 10.6. The Morgan fingerprint density at radius 1 is 0.656 bits per heavy atom. The molecule has 4 rings (SSSR count). The Bertz CT molecular complexity index is 691. The number of morpholine rings is 2. The lowest BCUT2D eigenvalue weighted by Crippen LogP contribution is -2.67. The molecule has 0 bridgehead atoms. The number of amides is 4. The number of imide groups is 2. The lowest BCUT2D eigenvalue weighted by atomic mass is 10.1. The van der Waals surface area contributed by atoms with Gasteiger partial charge in [-0.25, -0.2) is 20.0 Å². The molecule has 12 nitrogen and oxygen atoms in total. The number of nitrogens with zero attached hydrogens (tertiary/aromatic N) is 6. The molecule has 4 amide bonds. The van der Waals surface area contributed by atoms with Gasteiger partial charge in [0.25, 0.3) is 23.6 Å². The lowest BCUT2D eigenvalue weighted by molar-refractivity contribution is -0.185. The van der Waals surface area contributed by atoms with E-state index in [0.717, 1.165) is 0 Å². The Balaban J connectivity index is 1.34. The summed E-state index contributed by atoms with van der Waals surface area (Å²) in [6, 6.07) is -0.932. The summed E-state index contributed by atoms with van der Waals surface area (Å²) in [5, 5.41) is 6.04. The summed E-state index contributed by atoms with van der Waals surface area (Å²) in [6.45, 7) is 8.67. The van der Waals surface area contributed by atoms with Gasteiger partial charge in [0.15, 0.2) is 0 Å². The Morgan fingerprint density at radius 3 is 1.34 bits per heavy atom. The van der Waals surface area contributed by atoms with Crippen LogP contribution in [0.2, 0.25) is 0 Å². The third-order valence-electron chi connectivity index (χ3n) is 6.59. The van der Waals surface area contributed by atoms with Gasteiger partial charge in [-0.2, -0.15) is 0 Å². The minimum atomic E-state index is -0.466. The van der Waals surface area contributed by atoms with E-state index in [-0.39, 0.29) is 36.7 Å². The topological polar surface area (TPSA) is 106 Å². The van der Waals surface area contributed by atoms with Crippen LogP contribution in [0.4, 0.5) is 0 Å². The Labute approximate surface area is 187 Å². The first-order valence-electron chi connectivity index (χ1n) is 11.3. The zero-order chi connectivity index (χ0) is 22.8. The van der Waals surface area contributed by atoms with Gasteiger partial charge in [-0.05, 0) is 13.8 Å². The van der Waals surface area contributed by atoms with E-state index < -0.39 is 12.1 Å². The minimum Gasteiger partial charge on any atom is -0.379 e. The molecule has 0 aliphatic carbocycles. The summed E-state index contributed by atoms with van der Waals surface area (Å²) in [5.74, 6) is -1.01. The van der Waals surface area contributed by atoms with E-state index in [4.69, 9.17) is 9.47 Å². The standard InChI is InChI=1S/C20H32N6O6/c1-15-19(29)25(23-5-9-31-10-6-23)17(27)13-21(15)3-4-22-14-18(28)26(20(30)16(22)2)24-7-11-32-12-8-24/h15-16H,3-14H2,1-2H3. The highest BCUT2D eigenvalue weighted by molar-refractivity contribution is 6.01. The van der Waals surface area contributed by atoms with Crippen LogP contribution in [-0.2, 0) is 28.7 Å². The molecule has 4 aliphatic rings. The van der Waals surface area contributed by atoms with Crippen molar-refractivity contribution in [1.29, 1.82) is 0 Å². The molecular weight excluding hydrogens is 420 g/mol. The summed E-state index contributed by atoms with van der Waals surface area (Å²) in [4.78, 5) is 54.9. The number of hydrogen-bond donors (Lipinski definition) is 0. The van der Waals surface area contributed by atoms with Crippen molar-refractivity contribution >= 4 is 23.6 Å². The fraction of sp³-hybridized carbons (Fsp3) is 0.800. The van der Waals surface area contributed by atoms with Crippen molar-refractivity contribution in [3.63, 3.8) is 0 Å². The maximum Gasteiger partial charge on any atom is 0.261 e. The highest BCUT2D eigenvalue weighted by Gasteiger charge is 2.43. The van der Waals surface area contributed by atoms with Crippen molar-refractivity contribution < 1.29 is 28.7 Å². The molecule has 0 saturated carbocycles. The molecule has 178 valence electrons. The van der Waals surface area contributed by atoms with E-state index in [1.807, 2.05) is 9.80 Å². The molecule has 4 saturated heterocycles. The Kier molecular flexibility index (Phi) is 7.17. The lowest BCUT2D eigenvalue weighted by Gasteiger charge is -2.45. The molecule has 4 aliphatic heterocycles. The van der Waals surface area contributed by atoms with E-state index in [1.54, 1.807) is 23.9 Å². The zero-order valence-corrected chi connectivity index (χ0v) is 18.8. The van der Waals surface area contributed by atoms with Gasteiger partial charge in [0.1, 0.15) is 0 Å². The predicted molar refractivity (Wildman–Crippen MR) is 111 cm³/mol. The number of ether oxygens (including phenoxy) is 2. The van der Waals surface area contributed by atoms with Gasteiger partial charge in [-0.1, -0.05) is 0 Å². The first-order chi connectivity index (χ1) is 15.4. The molecule has 0 aromatic carbocycles. The average molecular weight is 453 g/mol. The number of hydrazine groups is 2. The number of hydrogen-bond acceptors (Lipinski definition) is 10. The molecule has 0 radical (unpaired) electrons. The second kappa shape index (κ2) is 9.89. The summed E-state index contributed by atoms with van der Waals surface area (Å²) >= 11 is 0. The second-order valence-electron chi connectivity index (χ2n) is 8.51. The van der Waals surface area contributed by atoms with E-state index in [1.165, 1.54) is 10.0 Å². The average Bonchev–Trinajstić information content (AvgIpc) is 2.80. The fourth-order valence-electron chi connectivity index (χ4n) is 4.57. The number of piperazine rings is 2.